The highest BCUT2D eigenvalue weighted by Gasteiger charge is 2.65. The third-order valence-electron chi connectivity index (χ3n) is 4.28. The lowest BCUT2D eigenvalue weighted by Crippen LogP contribution is -2.44. The van der Waals surface area contributed by atoms with Crippen LogP contribution >= 0.6 is 0 Å². The Hall–Kier alpha value is -1.26. The van der Waals surface area contributed by atoms with Crippen LogP contribution in [0, 0.1) is 10.8 Å². The lowest BCUT2D eigenvalue weighted by atomic mass is 10.0. The first-order valence-corrected chi connectivity index (χ1v) is 5.91. The molecule has 1 aliphatic carbocycles. The second-order valence-electron chi connectivity index (χ2n) is 5.73. The van der Waals surface area contributed by atoms with Crippen molar-refractivity contribution in [3.8, 4) is 0 Å². The predicted molar refractivity (Wildman–Crippen MR) is 64.8 cm³/mol. The second kappa shape index (κ2) is 4.20. The molecule has 0 heterocycles. The molecule has 2 amide bonds. The third-order valence-corrected chi connectivity index (χ3v) is 4.28. The van der Waals surface area contributed by atoms with Gasteiger partial charge in [-0.25, -0.2) is 4.79 Å². The molecule has 1 aliphatic rings. The average molecular weight is 242 g/mol. The normalized spacial score (nSPS) is 20.8. The second-order valence-corrected chi connectivity index (χ2v) is 5.73. The highest BCUT2D eigenvalue weighted by molar-refractivity contribution is 5.80. The van der Waals surface area contributed by atoms with Gasteiger partial charge in [0, 0.05) is 12.6 Å². The maximum absolute atomic E-state index is 11.9. The molecular weight excluding hydrogens is 220 g/mol. The molecule has 1 saturated carbocycles. The highest BCUT2D eigenvalue weighted by Crippen LogP contribution is 2.62. The van der Waals surface area contributed by atoms with Gasteiger partial charge in [0.2, 0.25) is 0 Å². The van der Waals surface area contributed by atoms with Crippen molar-refractivity contribution >= 4 is 12.0 Å². The molecule has 0 spiro atoms. The Morgan fingerprint density at radius 3 is 2.00 bits per heavy atom. The van der Waals surface area contributed by atoms with Crippen molar-refractivity contribution < 1.29 is 14.7 Å². The van der Waals surface area contributed by atoms with Crippen LogP contribution in [-0.4, -0.2) is 41.1 Å². The number of aliphatic carboxylic acids is 1. The monoisotopic (exact) mass is 242 g/mol. The molecule has 1 fully saturated rings. The van der Waals surface area contributed by atoms with E-state index in [1.807, 2.05) is 0 Å². The van der Waals surface area contributed by atoms with Gasteiger partial charge in [0.15, 0.2) is 0 Å². The minimum absolute atomic E-state index is 0.0608. The van der Waals surface area contributed by atoms with Gasteiger partial charge in [0.05, 0.1) is 0 Å². The van der Waals surface area contributed by atoms with E-state index >= 15 is 0 Å². The maximum atomic E-state index is 11.9. The molecule has 5 heteroatoms. The average Bonchev–Trinajstić information content (AvgIpc) is 2.56. The number of rotatable bonds is 4. The van der Waals surface area contributed by atoms with E-state index in [0.717, 1.165) is 0 Å². The molecule has 0 unspecified atom stereocenters. The lowest BCUT2D eigenvalue weighted by molar-refractivity contribution is -0.137. The number of nitrogens with one attached hydrogen (secondary N) is 1. The van der Waals surface area contributed by atoms with Crippen LogP contribution in [0.5, 0.6) is 0 Å². The Morgan fingerprint density at radius 1 is 1.24 bits per heavy atom. The van der Waals surface area contributed by atoms with E-state index in [-0.39, 0.29) is 29.4 Å². The van der Waals surface area contributed by atoms with Crippen molar-refractivity contribution in [3.63, 3.8) is 0 Å². The van der Waals surface area contributed by atoms with Gasteiger partial charge in [-0.2, -0.15) is 0 Å². The Bertz CT molecular complexity index is 323. The van der Waals surface area contributed by atoms with Crippen LogP contribution in [0.25, 0.3) is 0 Å². The number of carboxylic acid groups (broad SMARTS) is 1. The summed E-state index contributed by atoms with van der Waals surface area (Å²) in [5.41, 5.74) is 0.122. The summed E-state index contributed by atoms with van der Waals surface area (Å²) in [6.07, 6.45) is 0. The number of nitrogens with zero attached hydrogens (tertiary/aromatic N) is 1. The van der Waals surface area contributed by atoms with Gasteiger partial charge in [-0.1, -0.05) is 27.7 Å². The van der Waals surface area contributed by atoms with Gasteiger partial charge in [-0.3, -0.25) is 4.79 Å². The van der Waals surface area contributed by atoms with Crippen LogP contribution in [0.3, 0.4) is 0 Å². The fourth-order valence-electron chi connectivity index (χ4n) is 2.26. The first-order chi connectivity index (χ1) is 7.64. The van der Waals surface area contributed by atoms with Crippen LogP contribution in [-0.2, 0) is 4.79 Å². The zero-order chi connectivity index (χ0) is 13.4. The molecule has 0 aromatic heterocycles. The van der Waals surface area contributed by atoms with Crippen molar-refractivity contribution in [1.29, 1.82) is 0 Å². The Balaban J connectivity index is 2.58. The SMILES string of the molecule is CCN(CC(=O)O)C(=O)NC1C(C)(C)C1(C)C. The summed E-state index contributed by atoms with van der Waals surface area (Å²) >= 11 is 0. The quantitative estimate of drug-likeness (QED) is 0.785. The molecule has 0 radical (unpaired) electrons. The third kappa shape index (κ3) is 2.37. The first-order valence-electron chi connectivity index (χ1n) is 5.91. The van der Waals surface area contributed by atoms with Crippen molar-refractivity contribution in [2.24, 2.45) is 10.8 Å². The molecule has 98 valence electrons. The standard InChI is InChI=1S/C12H22N2O3/c1-6-14(7-8(15)16)10(17)13-9-11(2,3)12(9,4)5/h9H,6-7H2,1-5H3,(H,13,17)(H,15,16). The summed E-state index contributed by atoms with van der Waals surface area (Å²) in [6, 6.07) is -0.191. The van der Waals surface area contributed by atoms with Crippen molar-refractivity contribution in [2.75, 3.05) is 13.1 Å². The summed E-state index contributed by atoms with van der Waals surface area (Å²) in [6.45, 7) is 10.3. The van der Waals surface area contributed by atoms with Crippen molar-refractivity contribution in [2.45, 2.75) is 40.7 Å². The van der Waals surface area contributed by atoms with Crippen LogP contribution in [0.2, 0.25) is 0 Å². The number of hydrogen-bond acceptors (Lipinski definition) is 2. The van der Waals surface area contributed by atoms with E-state index in [1.165, 1.54) is 4.90 Å². The summed E-state index contributed by atoms with van der Waals surface area (Å²) in [5, 5.41) is 11.6. The van der Waals surface area contributed by atoms with E-state index < -0.39 is 5.97 Å². The lowest BCUT2D eigenvalue weighted by Gasteiger charge is -2.20. The summed E-state index contributed by atoms with van der Waals surface area (Å²) in [5.74, 6) is -0.990. The smallest absolute Gasteiger partial charge is 0.323 e. The highest BCUT2D eigenvalue weighted by atomic mass is 16.4. The van der Waals surface area contributed by atoms with E-state index in [9.17, 15) is 9.59 Å². The number of likely N-dealkylation sites (N-methyl/N-ethyl adjacent to an activating group) is 1. The van der Waals surface area contributed by atoms with E-state index in [1.54, 1.807) is 6.92 Å². The summed E-state index contributed by atoms with van der Waals surface area (Å²) in [7, 11) is 0. The largest absolute Gasteiger partial charge is 0.480 e. The topological polar surface area (TPSA) is 69.6 Å². The van der Waals surface area contributed by atoms with E-state index in [4.69, 9.17) is 5.11 Å². The van der Waals surface area contributed by atoms with E-state index in [2.05, 4.69) is 33.0 Å². The van der Waals surface area contributed by atoms with Gasteiger partial charge in [0.1, 0.15) is 6.54 Å². The molecular formula is C12H22N2O3. The number of hydrogen-bond donors (Lipinski definition) is 2. The number of carbonyl (C=O) groups is 2. The van der Waals surface area contributed by atoms with Gasteiger partial charge < -0.3 is 15.3 Å². The Morgan fingerprint density at radius 2 is 1.71 bits per heavy atom. The molecule has 17 heavy (non-hydrogen) atoms. The molecule has 1 rings (SSSR count). The number of carboxylic acids is 1. The van der Waals surface area contributed by atoms with E-state index in [0.29, 0.717) is 6.54 Å². The molecule has 0 aromatic carbocycles. The predicted octanol–water partition coefficient (Wildman–Crippen LogP) is 1.54. The molecule has 2 N–H and O–H groups in total. The maximum Gasteiger partial charge on any atom is 0.323 e. The van der Waals surface area contributed by atoms with Crippen LogP contribution in [0.15, 0.2) is 0 Å². The molecule has 0 aromatic rings. The first kappa shape index (κ1) is 13.8. The van der Waals surface area contributed by atoms with Gasteiger partial charge in [0.25, 0.3) is 0 Å². The van der Waals surface area contributed by atoms with Gasteiger partial charge in [-0.15, -0.1) is 0 Å². The van der Waals surface area contributed by atoms with Crippen molar-refractivity contribution in [1.82, 2.24) is 10.2 Å². The molecule has 5 nitrogen and oxygen atoms in total. The Kier molecular flexibility index (Phi) is 3.41. The zero-order valence-corrected chi connectivity index (χ0v) is 11.2. The molecule has 0 bridgehead atoms. The minimum Gasteiger partial charge on any atom is -0.480 e. The number of carbonyl (C=O) groups excluding carboxylic acids is 1. The summed E-state index contributed by atoms with van der Waals surface area (Å²) in [4.78, 5) is 23.8. The molecule has 0 atom stereocenters. The molecule has 0 aliphatic heterocycles. The fraction of sp³-hybridized carbons (Fsp3) is 0.833. The number of urea groups is 1. The van der Waals surface area contributed by atoms with Gasteiger partial charge in [-0.05, 0) is 17.8 Å². The minimum atomic E-state index is -0.990. The zero-order valence-electron chi connectivity index (χ0n) is 11.2. The van der Waals surface area contributed by atoms with Crippen LogP contribution in [0.1, 0.15) is 34.6 Å². The number of amides is 2. The van der Waals surface area contributed by atoms with Crippen molar-refractivity contribution in [3.05, 3.63) is 0 Å². The van der Waals surface area contributed by atoms with Crippen LogP contribution in [0.4, 0.5) is 4.79 Å². The Labute approximate surface area is 102 Å². The fourth-order valence-corrected chi connectivity index (χ4v) is 2.26. The molecule has 0 saturated heterocycles. The summed E-state index contributed by atoms with van der Waals surface area (Å²) < 4.78 is 0. The van der Waals surface area contributed by atoms with Crippen LogP contribution < -0.4 is 5.32 Å². The van der Waals surface area contributed by atoms with Gasteiger partial charge >= 0.3 is 12.0 Å².